The van der Waals surface area contributed by atoms with E-state index in [1.807, 2.05) is 19.1 Å². The van der Waals surface area contributed by atoms with Crippen LogP contribution >= 0.6 is 0 Å². The Morgan fingerprint density at radius 1 is 1.27 bits per heavy atom. The highest BCUT2D eigenvalue weighted by atomic mass is 16.6. The maximum absolute atomic E-state index is 10.5. The number of hydrogen-bond acceptors (Lipinski definition) is 9. The average molecular weight is 363 g/mol. The second-order valence-electron chi connectivity index (χ2n) is 6.19. The molecule has 0 saturated carbocycles. The summed E-state index contributed by atoms with van der Waals surface area (Å²) in [4.78, 5) is 14.3. The van der Waals surface area contributed by atoms with E-state index >= 15 is 0 Å². The van der Waals surface area contributed by atoms with Crippen LogP contribution in [0.25, 0.3) is 11.2 Å². The van der Waals surface area contributed by atoms with Crippen LogP contribution in [0.4, 0.5) is 5.82 Å². The van der Waals surface area contributed by atoms with Crippen molar-refractivity contribution >= 4 is 17.0 Å². The number of aliphatic hydroxyl groups excluding tert-OH is 2. The van der Waals surface area contributed by atoms with Gasteiger partial charge in [0.2, 0.25) is 0 Å². The number of nitrogen functional groups attached to an aromatic ring is 1. The number of fused-ring (bicyclic) bond motifs is 1. The normalized spacial score (nSPS) is 26.5. The highest BCUT2D eigenvalue weighted by Gasteiger charge is 2.44. The third-order valence-electron chi connectivity index (χ3n) is 4.55. The van der Waals surface area contributed by atoms with Gasteiger partial charge in [-0.2, -0.15) is 0 Å². The quantitative estimate of drug-likeness (QED) is 0.448. The molecule has 0 spiro atoms. The Bertz CT molecular complexity index is 765. The van der Waals surface area contributed by atoms with Crippen LogP contribution < -0.4 is 11.5 Å². The maximum atomic E-state index is 10.5. The Labute approximate surface area is 151 Å². The smallest absolute Gasteiger partial charge is 0.167 e. The number of ether oxygens (including phenoxy) is 1. The fraction of sp³-hybridized carbons (Fsp3) is 0.562. The van der Waals surface area contributed by atoms with E-state index in [1.54, 1.807) is 4.57 Å². The van der Waals surface area contributed by atoms with Gasteiger partial charge in [0.25, 0.3) is 0 Å². The van der Waals surface area contributed by atoms with Gasteiger partial charge in [0.15, 0.2) is 17.7 Å². The fourth-order valence-electron chi connectivity index (χ4n) is 3.07. The lowest BCUT2D eigenvalue weighted by Gasteiger charge is -2.24. The minimum atomic E-state index is -1.10. The van der Waals surface area contributed by atoms with Crippen molar-refractivity contribution in [1.29, 1.82) is 0 Å². The zero-order valence-electron chi connectivity index (χ0n) is 14.6. The molecular weight excluding hydrogens is 338 g/mol. The van der Waals surface area contributed by atoms with Crippen LogP contribution in [0.5, 0.6) is 0 Å². The van der Waals surface area contributed by atoms with Crippen LogP contribution in [0.2, 0.25) is 0 Å². The number of rotatable bonds is 7. The molecule has 1 saturated heterocycles. The topological polar surface area (TPSA) is 149 Å². The lowest BCUT2D eigenvalue weighted by atomic mass is 10.1. The molecule has 0 aliphatic carbocycles. The number of nitrogens with two attached hydrogens (primary N) is 2. The Kier molecular flexibility index (Phi) is 5.79. The van der Waals surface area contributed by atoms with Crippen LogP contribution in [-0.2, 0) is 4.74 Å². The molecule has 3 rings (SSSR count). The van der Waals surface area contributed by atoms with Gasteiger partial charge in [-0.1, -0.05) is 19.1 Å². The molecule has 0 amide bonds. The number of likely N-dealkylation sites (N-methyl/N-ethyl adjacent to an activating group) is 1. The largest absolute Gasteiger partial charge is 0.387 e. The average Bonchev–Trinajstić information content (AvgIpc) is 3.18. The van der Waals surface area contributed by atoms with Gasteiger partial charge < -0.3 is 26.4 Å². The van der Waals surface area contributed by atoms with Crippen molar-refractivity contribution in [3.8, 4) is 0 Å². The molecule has 4 atom stereocenters. The predicted molar refractivity (Wildman–Crippen MR) is 96.0 cm³/mol. The van der Waals surface area contributed by atoms with Gasteiger partial charge in [-0.05, 0) is 6.54 Å². The Hall–Kier alpha value is -2.11. The van der Waals surface area contributed by atoms with Crippen molar-refractivity contribution in [3.05, 3.63) is 24.8 Å². The summed E-state index contributed by atoms with van der Waals surface area (Å²) in [5, 5.41) is 20.9. The minimum Gasteiger partial charge on any atom is -0.387 e. The zero-order chi connectivity index (χ0) is 18.7. The van der Waals surface area contributed by atoms with E-state index in [-0.39, 0.29) is 5.82 Å². The minimum absolute atomic E-state index is 0.252. The summed E-state index contributed by atoms with van der Waals surface area (Å²) in [7, 11) is 0. The lowest BCUT2D eigenvalue weighted by Crippen LogP contribution is -2.40. The summed E-state index contributed by atoms with van der Waals surface area (Å²) in [6, 6.07) is 0. The predicted octanol–water partition coefficient (Wildman–Crippen LogP) is -1.14. The monoisotopic (exact) mass is 363 g/mol. The van der Waals surface area contributed by atoms with Crippen LogP contribution in [-0.4, -0.2) is 79.1 Å². The van der Waals surface area contributed by atoms with Gasteiger partial charge in [-0.25, -0.2) is 15.0 Å². The summed E-state index contributed by atoms with van der Waals surface area (Å²) in [5.41, 5.74) is 12.1. The lowest BCUT2D eigenvalue weighted by molar-refractivity contribution is -0.0429. The molecule has 26 heavy (non-hydrogen) atoms. The Morgan fingerprint density at radius 3 is 2.81 bits per heavy atom. The molecule has 2 aromatic heterocycles. The molecule has 0 aromatic carbocycles. The molecule has 2 aromatic rings. The van der Waals surface area contributed by atoms with Gasteiger partial charge >= 0.3 is 0 Å². The summed E-state index contributed by atoms with van der Waals surface area (Å²) in [5.74, 6) is 0.252. The van der Waals surface area contributed by atoms with E-state index in [4.69, 9.17) is 16.2 Å². The first-order valence-corrected chi connectivity index (χ1v) is 8.58. The van der Waals surface area contributed by atoms with E-state index in [2.05, 4.69) is 19.9 Å². The van der Waals surface area contributed by atoms with Crippen LogP contribution in [0.3, 0.4) is 0 Å². The SMILES string of the molecule is CCN(CC=CCN)C[C@H]1O[C@@H](n2cnc3c(N)ncnc32)C(O)C1O. The van der Waals surface area contributed by atoms with E-state index in [0.29, 0.717) is 30.8 Å². The molecule has 0 bridgehead atoms. The molecule has 1 aliphatic rings. The number of aromatic nitrogens is 4. The third-order valence-corrected chi connectivity index (χ3v) is 4.55. The number of imidazole rings is 1. The van der Waals surface area contributed by atoms with Crippen molar-refractivity contribution in [1.82, 2.24) is 24.4 Å². The molecule has 2 unspecified atom stereocenters. The zero-order valence-corrected chi connectivity index (χ0v) is 14.6. The third kappa shape index (κ3) is 3.55. The first-order valence-electron chi connectivity index (χ1n) is 8.58. The maximum Gasteiger partial charge on any atom is 0.167 e. The standard InChI is InChI=1S/C16H25N7O3/c1-2-22(6-4-3-5-17)7-10-12(24)13(25)16(26-10)23-9-21-11-14(18)19-8-20-15(11)23/h3-4,8-10,12-13,16,24-25H,2,5-7,17H2,1H3,(H2,18,19,20)/t10-,12?,13?,16-/m1/s1. The van der Waals surface area contributed by atoms with E-state index in [0.717, 1.165) is 6.54 Å². The Balaban J connectivity index is 1.76. The number of anilines is 1. The van der Waals surface area contributed by atoms with Crippen molar-refractivity contribution in [3.63, 3.8) is 0 Å². The highest BCUT2D eigenvalue weighted by Crippen LogP contribution is 2.32. The van der Waals surface area contributed by atoms with E-state index < -0.39 is 24.5 Å². The Morgan fingerprint density at radius 2 is 2.08 bits per heavy atom. The van der Waals surface area contributed by atoms with Crippen molar-refractivity contribution in [2.45, 2.75) is 31.5 Å². The molecule has 6 N–H and O–H groups in total. The molecule has 0 radical (unpaired) electrons. The molecule has 1 fully saturated rings. The van der Waals surface area contributed by atoms with E-state index in [1.165, 1.54) is 12.7 Å². The van der Waals surface area contributed by atoms with Crippen molar-refractivity contribution in [2.24, 2.45) is 5.73 Å². The first-order chi connectivity index (χ1) is 12.6. The number of aliphatic hydroxyl groups is 2. The summed E-state index contributed by atoms with van der Waals surface area (Å²) >= 11 is 0. The van der Waals surface area contributed by atoms with Crippen molar-refractivity contribution in [2.75, 3.05) is 31.9 Å². The van der Waals surface area contributed by atoms with Gasteiger partial charge in [0.05, 0.1) is 6.33 Å². The molecule has 10 heteroatoms. The van der Waals surface area contributed by atoms with Gasteiger partial charge in [-0.15, -0.1) is 0 Å². The summed E-state index contributed by atoms with van der Waals surface area (Å²) in [6.45, 7) is 4.46. The summed E-state index contributed by atoms with van der Waals surface area (Å²) in [6.07, 6.45) is 3.20. The molecule has 3 heterocycles. The van der Waals surface area contributed by atoms with Crippen LogP contribution in [0.1, 0.15) is 13.2 Å². The van der Waals surface area contributed by atoms with E-state index in [9.17, 15) is 10.2 Å². The van der Waals surface area contributed by atoms with Gasteiger partial charge in [0, 0.05) is 19.6 Å². The van der Waals surface area contributed by atoms with Crippen LogP contribution in [0, 0.1) is 0 Å². The first kappa shape index (κ1) is 18.7. The second kappa shape index (κ2) is 8.06. The van der Waals surface area contributed by atoms with Crippen LogP contribution in [0.15, 0.2) is 24.8 Å². The molecule has 142 valence electrons. The molecule has 10 nitrogen and oxygen atoms in total. The highest BCUT2D eigenvalue weighted by molar-refractivity contribution is 5.81. The number of nitrogens with zero attached hydrogens (tertiary/aromatic N) is 5. The molecular formula is C16H25N7O3. The second-order valence-corrected chi connectivity index (χ2v) is 6.19. The van der Waals surface area contributed by atoms with Gasteiger partial charge in [-0.3, -0.25) is 9.47 Å². The number of hydrogen-bond donors (Lipinski definition) is 4. The summed E-state index contributed by atoms with van der Waals surface area (Å²) < 4.78 is 7.52. The molecule has 1 aliphatic heterocycles. The van der Waals surface area contributed by atoms with Gasteiger partial charge in [0.1, 0.15) is 30.2 Å². The van der Waals surface area contributed by atoms with Crippen molar-refractivity contribution < 1.29 is 14.9 Å². The fourth-order valence-corrected chi connectivity index (χ4v) is 3.07.